The number of hydrogen-bond acceptors (Lipinski definition) is 10. The number of aromatic nitrogens is 4. The third kappa shape index (κ3) is 5.58. The quantitative estimate of drug-likeness (QED) is 0.232. The Morgan fingerprint density at radius 3 is 2.39 bits per heavy atom. The van der Waals surface area contributed by atoms with Gasteiger partial charge in [0, 0.05) is 80.8 Å². The van der Waals surface area contributed by atoms with Crippen molar-refractivity contribution in [3.63, 3.8) is 0 Å². The number of pyridine rings is 1. The minimum atomic E-state index is -0.641. The average Bonchev–Trinajstić information content (AvgIpc) is 3.47. The zero-order valence-corrected chi connectivity index (χ0v) is 32.2. The number of likely N-dealkylation sites (N-methyl/N-ethyl adjacent to an activating group) is 1. The Kier molecular flexibility index (Phi) is 8.21. The van der Waals surface area contributed by atoms with E-state index in [1.165, 1.54) is 5.56 Å². The Balaban J connectivity index is 0.769. The number of imide groups is 1. The highest BCUT2D eigenvalue weighted by Gasteiger charge is 2.62. The molecule has 1 unspecified atom stereocenters. The molecule has 6 aliphatic rings. The maximum absolute atomic E-state index is 13.9. The summed E-state index contributed by atoms with van der Waals surface area (Å²) in [4.78, 5) is 74.0. The second-order valence-corrected chi connectivity index (χ2v) is 17.1. The molecule has 4 amide bonds. The molecule has 5 fully saturated rings. The number of amides is 4. The van der Waals surface area contributed by atoms with E-state index in [1.807, 2.05) is 30.5 Å². The van der Waals surface area contributed by atoms with Crippen LogP contribution in [0.4, 0.5) is 23.1 Å². The van der Waals surface area contributed by atoms with Crippen LogP contribution < -0.4 is 20.4 Å². The summed E-state index contributed by atoms with van der Waals surface area (Å²) >= 11 is 0. The molecule has 14 nitrogen and oxygen atoms in total. The van der Waals surface area contributed by atoms with Crippen LogP contribution in [0.3, 0.4) is 0 Å². The van der Waals surface area contributed by atoms with E-state index in [0.717, 1.165) is 92.4 Å². The van der Waals surface area contributed by atoms with Crippen LogP contribution in [0.2, 0.25) is 0 Å². The highest BCUT2D eigenvalue weighted by molar-refractivity contribution is 6.16. The number of piperidine rings is 1. The minimum Gasteiger partial charge on any atom is -0.368 e. The predicted octanol–water partition coefficient (Wildman–Crippen LogP) is 4.64. The van der Waals surface area contributed by atoms with Crippen molar-refractivity contribution < 1.29 is 19.2 Å². The van der Waals surface area contributed by atoms with Crippen molar-refractivity contribution in [3.8, 4) is 0 Å². The van der Waals surface area contributed by atoms with Crippen molar-refractivity contribution in [2.75, 3.05) is 49.3 Å². The van der Waals surface area contributed by atoms with E-state index in [-0.39, 0.29) is 36.1 Å². The van der Waals surface area contributed by atoms with Gasteiger partial charge in [0.25, 0.3) is 5.91 Å². The molecule has 290 valence electrons. The molecule has 0 bridgehead atoms. The third-order valence-corrected chi connectivity index (χ3v) is 13.5. The van der Waals surface area contributed by atoms with Crippen LogP contribution in [-0.2, 0) is 19.8 Å². The Labute approximate surface area is 325 Å². The highest BCUT2D eigenvalue weighted by Crippen LogP contribution is 2.61. The molecule has 10 rings (SSSR count). The molecule has 1 aromatic carbocycles. The van der Waals surface area contributed by atoms with Gasteiger partial charge in [0.15, 0.2) is 0 Å². The minimum absolute atomic E-state index is 0.00968. The number of benzene rings is 1. The first-order valence-corrected chi connectivity index (χ1v) is 20.2. The fraction of sp³-hybridized carbons (Fsp3) is 0.500. The highest BCUT2D eigenvalue weighted by atomic mass is 16.2. The molecule has 2 saturated heterocycles. The maximum atomic E-state index is 13.9. The van der Waals surface area contributed by atoms with Crippen molar-refractivity contribution in [1.82, 2.24) is 34.6 Å². The number of fused-ring (bicyclic) bond motifs is 3. The molecule has 1 spiro atoms. The average molecular weight is 757 g/mol. The zero-order valence-electron chi connectivity index (χ0n) is 32.2. The normalized spacial score (nSPS) is 24.4. The monoisotopic (exact) mass is 756 g/mol. The van der Waals surface area contributed by atoms with E-state index in [2.05, 4.69) is 49.2 Å². The van der Waals surface area contributed by atoms with Gasteiger partial charge in [-0.1, -0.05) is 25.0 Å². The van der Waals surface area contributed by atoms with Crippen LogP contribution in [0, 0.1) is 0 Å². The van der Waals surface area contributed by atoms with Crippen molar-refractivity contribution >= 4 is 57.8 Å². The maximum Gasteiger partial charge on any atom is 0.270 e. The van der Waals surface area contributed by atoms with E-state index in [1.54, 1.807) is 30.1 Å². The first-order chi connectivity index (χ1) is 27.1. The molecule has 4 aromatic rings. The number of hydrogen-bond donors (Lipinski definition) is 2. The van der Waals surface area contributed by atoms with Gasteiger partial charge in [0.1, 0.15) is 23.2 Å². The van der Waals surface area contributed by atoms with Crippen molar-refractivity contribution in [2.24, 2.45) is 0 Å². The lowest BCUT2D eigenvalue weighted by molar-refractivity contribution is -0.135. The van der Waals surface area contributed by atoms with E-state index >= 15 is 0 Å². The largest absolute Gasteiger partial charge is 0.368 e. The van der Waals surface area contributed by atoms with E-state index in [9.17, 15) is 19.2 Å². The number of carbonyl (C=O) groups excluding carboxylic acids is 4. The second kappa shape index (κ2) is 13.1. The van der Waals surface area contributed by atoms with Gasteiger partial charge in [-0.3, -0.25) is 34.3 Å². The van der Waals surface area contributed by atoms with Crippen molar-refractivity contribution in [2.45, 2.75) is 99.7 Å². The lowest BCUT2D eigenvalue weighted by atomic mass is 9.75. The molecular weight excluding hydrogens is 709 g/mol. The van der Waals surface area contributed by atoms with Crippen molar-refractivity contribution in [3.05, 3.63) is 65.6 Å². The van der Waals surface area contributed by atoms with E-state index < -0.39 is 11.5 Å². The van der Waals surface area contributed by atoms with Crippen LogP contribution in [0.5, 0.6) is 0 Å². The molecule has 14 heteroatoms. The number of carbonyl (C=O) groups is 4. The second-order valence-electron chi connectivity index (χ2n) is 17.1. The van der Waals surface area contributed by atoms with Crippen LogP contribution in [0.1, 0.15) is 97.8 Å². The summed E-state index contributed by atoms with van der Waals surface area (Å²) in [5.74, 6) is 0.931. The van der Waals surface area contributed by atoms with Gasteiger partial charge in [0.05, 0.1) is 11.1 Å². The lowest BCUT2D eigenvalue weighted by Gasteiger charge is -2.52. The van der Waals surface area contributed by atoms with Gasteiger partial charge < -0.3 is 19.7 Å². The molecule has 2 N–H and O–H groups in total. The van der Waals surface area contributed by atoms with Crippen molar-refractivity contribution in [1.29, 1.82) is 0 Å². The number of nitrogens with zero attached hydrogens (tertiary/aromatic N) is 8. The van der Waals surface area contributed by atoms with Gasteiger partial charge in [0.2, 0.25) is 23.7 Å². The molecule has 3 saturated carbocycles. The summed E-state index contributed by atoms with van der Waals surface area (Å²) in [7, 11) is 5.80. The summed E-state index contributed by atoms with van der Waals surface area (Å²) in [6, 6.07) is 12.7. The van der Waals surface area contributed by atoms with Crippen LogP contribution >= 0.6 is 0 Å². The zero-order chi connectivity index (χ0) is 38.5. The Hall–Kier alpha value is -5.37. The summed E-state index contributed by atoms with van der Waals surface area (Å²) < 4.78 is 2.12. The van der Waals surface area contributed by atoms with Gasteiger partial charge in [-0.05, 0) is 87.7 Å². The van der Waals surface area contributed by atoms with E-state index in [0.29, 0.717) is 41.9 Å². The first kappa shape index (κ1) is 35.1. The fourth-order valence-electron chi connectivity index (χ4n) is 9.99. The molecular formula is C42H48N10O4. The Morgan fingerprint density at radius 1 is 0.929 bits per heavy atom. The standard InChI is InChI=1S/C42H48N10O4/c1-48(2)39(55)33-19-26-21-44-41(47-37(26)51(33)27-7-4-5-8-27)45-34-13-11-24(20-43-34)25-17-28(18-25)49(3)29-22-50(23-29)30-9-6-10-31-36(30)42(15-16-42)40(56)52(31)32-12-14-35(53)46-38(32)54/h6,9-11,13,19-21,25,27-29,32H,4-5,7-8,12,14-18,22-23H2,1-3H3,(H,46,53,54)(H,43,44,45,47). The summed E-state index contributed by atoms with van der Waals surface area (Å²) in [5, 5.41) is 6.60. The predicted molar refractivity (Wildman–Crippen MR) is 211 cm³/mol. The molecule has 0 radical (unpaired) electrons. The Morgan fingerprint density at radius 2 is 1.70 bits per heavy atom. The van der Waals surface area contributed by atoms with Crippen LogP contribution in [0.25, 0.3) is 11.0 Å². The number of anilines is 4. The summed E-state index contributed by atoms with van der Waals surface area (Å²) in [6.45, 7) is 1.79. The third-order valence-electron chi connectivity index (χ3n) is 13.5. The van der Waals surface area contributed by atoms with Gasteiger partial charge >= 0.3 is 0 Å². The van der Waals surface area contributed by atoms with Crippen LogP contribution in [-0.4, -0.2) is 105 Å². The molecule has 3 aliphatic carbocycles. The van der Waals surface area contributed by atoms with Gasteiger partial charge in [-0.15, -0.1) is 0 Å². The van der Waals surface area contributed by atoms with Crippen LogP contribution in [0.15, 0.2) is 48.8 Å². The summed E-state index contributed by atoms with van der Waals surface area (Å²) in [6.07, 6.45) is 12.5. The molecule has 1 atom stereocenters. The smallest absolute Gasteiger partial charge is 0.270 e. The topological polar surface area (TPSA) is 149 Å². The molecule has 56 heavy (non-hydrogen) atoms. The lowest BCUT2D eigenvalue weighted by Crippen LogP contribution is -2.62. The molecule has 3 aliphatic heterocycles. The number of rotatable bonds is 9. The van der Waals surface area contributed by atoms with Gasteiger partial charge in [-0.2, -0.15) is 4.98 Å². The fourth-order valence-corrected chi connectivity index (χ4v) is 9.99. The van der Waals surface area contributed by atoms with E-state index in [4.69, 9.17) is 9.97 Å². The summed E-state index contributed by atoms with van der Waals surface area (Å²) in [5.41, 5.74) is 5.15. The molecule has 3 aromatic heterocycles. The van der Waals surface area contributed by atoms with Gasteiger partial charge in [-0.25, -0.2) is 9.97 Å². The molecule has 6 heterocycles. The first-order valence-electron chi connectivity index (χ1n) is 20.2. The number of nitrogens with one attached hydrogen (secondary N) is 2. The Bertz CT molecular complexity index is 2260. The SMILES string of the molecule is CN(C)C(=O)c1cc2cnc(Nc3ccc(C4CC(N(C)C5CN(c6cccc7c6C6(CC6)C(=O)N7C6CCC(=O)NC6=O)C5)C4)cn3)nc2n1C1CCCC1.